The summed E-state index contributed by atoms with van der Waals surface area (Å²) >= 11 is 7.49. The van der Waals surface area contributed by atoms with Crippen molar-refractivity contribution < 1.29 is 8.42 Å². The summed E-state index contributed by atoms with van der Waals surface area (Å²) in [6, 6.07) is 3.92. The van der Waals surface area contributed by atoms with Crippen LogP contribution >= 0.6 is 46.9 Å². The molecule has 1 aliphatic heterocycles. The van der Waals surface area contributed by atoms with Crippen LogP contribution in [0.15, 0.2) is 17.1 Å². The van der Waals surface area contributed by atoms with E-state index >= 15 is 0 Å². The van der Waals surface area contributed by atoms with Crippen molar-refractivity contribution in [1.82, 2.24) is 10.2 Å². The molecule has 1 aromatic rings. The van der Waals surface area contributed by atoms with Gasteiger partial charge in [0.2, 0.25) is 0 Å². The van der Waals surface area contributed by atoms with Crippen LogP contribution in [0.4, 0.5) is 0 Å². The van der Waals surface area contributed by atoms with Crippen molar-refractivity contribution in [2.75, 3.05) is 32.4 Å². The van der Waals surface area contributed by atoms with E-state index in [1.165, 1.54) is 4.88 Å². The minimum Gasteiger partial charge on any atom is -0.356 e. The summed E-state index contributed by atoms with van der Waals surface area (Å²) in [4.78, 5) is 7.51. The molecule has 0 aliphatic carbocycles. The summed E-state index contributed by atoms with van der Waals surface area (Å²) < 4.78 is 24.2. The number of sulfone groups is 1. The first-order chi connectivity index (χ1) is 10.2. The van der Waals surface area contributed by atoms with Crippen molar-refractivity contribution in [2.24, 2.45) is 4.99 Å². The number of hydrogen-bond acceptors (Lipinski definition) is 4. The van der Waals surface area contributed by atoms with Crippen LogP contribution in [-0.2, 0) is 16.3 Å². The molecule has 9 heteroatoms. The Morgan fingerprint density at radius 2 is 2.17 bits per heavy atom. The number of guanidine groups is 1. The van der Waals surface area contributed by atoms with Crippen LogP contribution < -0.4 is 5.32 Å². The van der Waals surface area contributed by atoms with Crippen LogP contribution in [0.3, 0.4) is 0 Å². The number of rotatable bonds is 3. The van der Waals surface area contributed by atoms with E-state index in [-0.39, 0.29) is 29.7 Å². The average molecular weight is 492 g/mol. The number of nitrogens with zero attached hydrogens (tertiary/aromatic N) is 2. The van der Waals surface area contributed by atoms with Gasteiger partial charge in [-0.15, -0.1) is 35.3 Å². The second kappa shape index (κ2) is 8.35. The molecule has 0 aromatic carbocycles. The van der Waals surface area contributed by atoms with Gasteiger partial charge in [0.15, 0.2) is 15.8 Å². The fraction of sp³-hybridized carbons (Fsp3) is 0.643. The summed E-state index contributed by atoms with van der Waals surface area (Å²) in [5, 5.41) is 3.31. The van der Waals surface area contributed by atoms with Gasteiger partial charge in [0.05, 0.1) is 14.8 Å². The third-order valence-corrected chi connectivity index (χ3v) is 7.66. The molecule has 23 heavy (non-hydrogen) atoms. The van der Waals surface area contributed by atoms with Gasteiger partial charge in [-0.05, 0) is 32.4 Å². The third kappa shape index (κ3) is 5.20. The Labute approximate surface area is 164 Å². The standard InChI is InChI=1S/C14H22ClN3O2S2.HI/c1-14(2)10-18(8-9-22(14,19)20)13(16-3)17-7-6-11-4-5-12(15)21-11;/h4-5H,6-10H2,1-3H3,(H,16,17);1H. The number of nitrogens with one attached hydrogen (secondary N) is 1. The van der Waals surface area contributed by atoms with E-state index < -0.39 is 14.6 Å². The fourth-order valence-electron chi connectivity index (χ4n) is 2.44. The Bertz CT molecular complexity index is 659. The summed E-state index contributed by atoms with van der Waals surface area (Å²) in [7, 11) is -1.31. The Hall–Kier alpha value is -0.0600. The molecule has 2 rings (SSSR count). The predicted molar refractivity (Wildman–Crippen MR) is 109 cm³/mol. The van der Waals surface area contributed by atoms with Crippen LogP contribution in [-0.4, -0.2) is 56.5 Å². The first-order valence-corrected chi connectivity index (χ1v) is 10.0. The van der Waals surface area contributed by atoms with E-state index in [2.05, 4.69) is 10.3 Å². The molecule has 5 nitrogen and oxygen atoms in total. The van der Waals surface area contributed by atoms with Gasteiger partial charge in [0, 0.05) is 31.6 Å². The van der Waals surface area contributed by atoms with Gasteiger partial charge in [-0.1, -0.05) is 11.6 Å². The molecule has 0 amide bonds. The molecule has 1 aromatic heterocycles. The maximum Gasteiger partial charge on any atom is 0.193 e. The van der Waals surface area contributed by atoms with Crippen LogP contribution in [0, 0.1) is 0 Å². The second-order valence-corrected chi connectivity index (χ2v) is 10.5. The van der Waals surface area contributed by atoms with Gasteiger partial charge < -0.3 is 10.2 Å². The van der Waals surface area contributed by atoms with Crippen LogP contribution in [0.5, 0.6) is 0 Å². The Kier molecular flexibility index (Phi) is 7.62. The molecule has 0 bridgehead atoms. The summed E-state index contributed by atoms with van der Waals surface area (Å²) in [6.45, 7) is 5.23. The molecule has 0 saturated carbocycles. The highest BCUT2D eigenvalue weighted by Gasteiger charge is 2.40. The minimum atomic E-state index is -3.03. The molecule has 1 fully saturated rings. The second-order valence-electron chi connectivity index (χ2n) is 5.93. The molecule has 0 radical (unpaired) electrons. The van der Waals surface area contributed by atoms with Crippen LogP contribution in [0.1, 0.15) is 18.7 Å². The first-order valence-electron chi connectivity index (χ1n) is 7.17. The van der Waals surface area contributed by atoms with Gasteiger partial charge in [0.25, 0.3) is 0 Å². The Morgan fingerprint density at radius 1 is 1.48 bits per heavy atom. The maximum absolute atomic E-state index is 12.1. The van der Waals surface area contributed by atoms with Gasteiger partial charge in [-0.2, -0.15) is 0 Å². The quantitative estimate of drug-likeness (QED) is 0.401. The Morgan fingerprint density at radius 3 is 2.70 bits per heavy atom. The third-order valence-electron chi connectivity index (χ3n) is 3.84. The topological polar surface area (TPSA) is 61.8 Å². The average Bonchev–Trinajstić information content (AvgIpc) is 2.84. The summed E-state index contributed by atoms with van der Waals surface area (Å²) in [5.74, 6) is 0.923. The molecular weight excluding hydrogens is 469 g/mol. The van der Waals surface area contributed by atoms with E-state index in [1.54, 1.807) is 32.2 Å². The largest absolute Gasteiger partial charge is 0.356 e. The number of halogens is 2. The van der Waals surface area contributed by atoms with Gasteiger partial charge in [-0.25, -0.2) is 8.42 Å². The molecule has 0 unspecified atom stereocenters. The first kappa shape index (κ1) is 21.0. The van der Waals surface area contributed by atoms with E-state index in [9.17, 15) is 8.42 Å². The van der Waals surface area contributed by atoms with Crippen LogP contribution in [0.25, 0.3) is 0 Å². The zero-order valence-corrected chi connectivity index (χ0v) is 18.2. The highest BCUT2D eigenvalue weighted by molar-refractivity contribution is 14.0. The fourth-order valence-corrected chi connectivity index (χ4v) is 4.89. The van der Waals surface area contributed by atoms with Crippen molar-refractivity contribution >= 4 is 62.7 Å². The van der Waals surface area contributed by atoms with E-state index in [0.29, 0.717) is 13.1 Å². The predicted octanol–water partition coefficient (Wildman–Crippen LogP) is 2.65. The van der Waals surface area contributed by atoms with Crippen molar-refractivity contribution in [1.29, 1.82) is 0 Å². The van der Waals surface area contributed by atoms with Crippen molar-refractivity contribution in [2.45, 2.75) is 25.0 Å². The highest BCUT2D eigenvalue weighted by Crippen LogP contribution is 2.24. The van der Waals surface area contributed by atoms with Crippen molar-refractivity contribution in [3.05, 3.63) is 21.3 Å². The zero-order valence-electron chi connectivity index (χ0n) is 13.5. The lowest BCUT2D eigenvalue weighted by molar-refractivity contribution is 0.353. The molecule has 0 spiro atoms. The van der Waals surface area contributed by atoms with Crippen molar-refractivity contribution in [3.63, 3.8) is 0 Å². The molecule has 0 atom stereocenters. The van der Waals surface area contributed by atoms with E-state index in [1.807, 2.05) is 17.0 Å². The molecule has 2 heterocycles. The highest BCUT2D eigenvalue weighted by atomic mass is 127. The van der Waals surface area contributed by atoms with Gasteiger partial charge in [0.1, 0.15) is 0 Å². The lowest BCUT2D eigenvalue weighted by Crippen LogP contribution is -2.57. The Balaban J connectivity index is 0.00000264. The monoisotopic (exact) mass is 491 g/mol. The summed E-state index contributed by atoms with van der Waals surface area (Å²) in [5.41, 5.74) is 0. The molecule has 1 aliphatic rings. The van der Waals surface area contributed by atoms with E-state index in [0.717, 1.165) is 23.3 Å². The zero-order chi connectivity index (χ0) is 16.4. The number of thiophene rings is 1. The maximum atomic E-state index is 12.1. The molecule has 1 saturated heterocycles. The van der Waals surface area contributed by atoms with Gasteiger partial charge in [-0.3, -0.25) is 4.99 Å². The SMILES string of the molecule is CN=C(NCCc1ccc(Cl)s1)N1CCS(=O)(=O)C(C)(C)C1.I. The molecule has 1 N–H and O–H groups in total. The smallest absolute Gasteiger partial charge is 0.193 e. The van der Waals surface area contributed by atoms with E-state index in [4.69, 9.17) is 11.6 Å². The minimum absolute atomic E-state index is 0. The normalized spacial score (nSPS) is 20.0. The lowest BCUT2D eigenvalue weighted by Gasteiger charge is -2.39. The molecular formula is C14H23ClIN3O2S2. The molecule has 132 valence electrons. The van der Waals surface area contributed by atoms with Crippen molar-refractivity contribution in [3.8, 4) is 0 Å². The number of hydrogen-bond donors (Lipinski definition) is 1. The summed E-state index contributed by atoms with van der Waals surface area (Å²) in [6.07, 6.45) is 0.867. The van der Waals surface area contributed by atoms with Crippen LogP contribution in [0.2, 0.25) is 4.34 Å². The van der Waals surface area contributed by atoms with Gasteiger partial charge >= 0.3 is 0 Å². The lowest BCUT2D eigenvalue weighted by atomic mass is 10.2. The number of aliphatic imine (C=N–C) groups is 1.